The van der Waals surface area contributed by atoms with Crippen LogP contribution in [0.25, 0.3) is 17.1 Å². The first-order valence-corrected chi connectivity index (χ1v) is 11.8. The van der Waals surface area contributed by atoms with Crippen LogP contribution in [0.4, 0.5) is 22.0 Å². The summed E-state index contributed by atoms with van der Waals surface area (Å²) in [5.74, 6) is -4.93. The van der Waals surface area contributed by atoms with Crippen LogP contribution in [-0.2, 0) is 19.0 Å². The third-order valence-corrected chi connectivity index (χ3v) is 6.10. The number of aliphatic hydroxyl groups is 1. The zero-order chi connectivity index (χ0) is 28.0. The number of hydrogen-bond donors (Lipinski definition) is 1. The highest BCUT2D eigenvalue weighted by Gasteiger charge is 2.39. The molecule has 1 atom stereocenters. The number of rotatable bonds is 7. The Balaban J connectivity index is 1.82. The summed E-state index contributed by atoms with van der Waals surface area (Å²) < 4.78 is 70.1. The van der Waals surface area contributed by atoms with Crippen molar-refractivity contribution in [2.75, 3.05) is 0 Å². The fraction of sp³-hybridized carbons (Fsp3) is 0.273. The van der Waals surface area contributed by atoms with Gasteiger partial charge in [-0.05, 0) is 36.4 Å². The Bertz CT molecular complexity index is 1510. The minimum atomic E-state index is -5.02. The van der Waals surface area contributed by atoms with Crippen molar-refractivity contribution < 1.29 is 27.1 Å². The summed E-state index contributed by atoms with van der Waals surface area (Å²) in [5.41, 5.74) is -0.948. The summed E-state index contributed by atoms with van der Waals surface area (Å²) in [6.07, 6.45) is -7.90. The number of nitrogens with zero attached hydrogens (tertiary/aromatic N) is 6. The molecule has 0 saturated heterocycles. The number of para-hydroxylation sites is 1. The molecule has 0 fully saturated rings. The highest BCUT2D eigenvalue weighted by Crippen LogP contribution is 2.33. The molecule has 2 aromatic heterocycles. The SMILES string of the molecule is CC(F)(F)c1nc(Cn2nc(-c3ccc(Cl)cc3)n(C[C@H](O)C(F)(F)F)c2=O)nn1-c1c(Cl)cccc1Cl. The van der Waals surface area contributed by atoms with E-state index >= 15 is 0 Å². The van der Waals surface area contributed by atoms with Crippen molar-refractivity contribution in [2.45, 2.75) is 38.2 Å². The summed E-state index contributed by atoms with van der Waals surface area (Å²) in [4.78, 5) is 16.9. The molecular weight excluding hydrogens is 582 g/mol. The zero-order valence-corrected chi connectivity index (χ0v) is 21.4. The molecule has 38 heavy (non-hydrogen) atoms. The molecular formula is C22H16Cl3F5N6O2. The molecule has 0 aliphatic rings. The van der Waals surface area contributed by atoms with E-state index in [1.165, 1.54) is 42.5 Å². The minimum Gasteiger partial charge on any atom is -0.382 e. The van der Waals surface area contributed by atoms with Crippen molar-refractivity contribution in [3.05, 3.63) is 79.7 Å². The average molecular weight is 598 g/mol. The second-order valence-electron chi connectivity index (χ2n) is 8.16. The van der Waals surface area contributed by atoms with Crippen LogP contribution < -0.4 is 5.69 Å². The smallest absolute Gasteiger partial charge is 0.382 e. The van der Waals surface area contributed by atoms with E-state index < -0.39 is 42.8 Å². The van der Waals surface area contributed by atoms with E-state index in [-0.39, 0.29) is 32.9 Å². The second-order valence-corrected chi connectivity index (χ2v) is 9.41. The lowest BCUT2D eigenvalue weighted by molar-refractivity contribution is -0.207. The standard InChI is InChI=1S/C22H16Cl3F5N6O2/c1-21(26,27)19-31-16(32-36(19)17-13(24)3-2-4-14(17)25)10-35-20(38)34(9-15(37)22(28,29)30)18(33-35)11-5-7-12(23)8-6-11/h2-8,15,37H,9-10H2,1H3/t15-/m0/s1. The van der Waals surface area contributed by atoms with E-state index in [1.807, 2.05) is 0 Å². The summed E-state index contributed by atoms with van der Waals surface area (Å²) in [5, 5.41) is 18.0. The van der Waals surface area contributed by atoms with Crippen LogP contribution in [0, 0.1) is 0 Å². The van der Waals surface area contributed by atoms with Crippen LogP contribution in [-0.4, -0.2) is 46.5 Å². The molecule has 0 saturated carbocycles. The molecule has 0 amide bonds. The Kier molecular flexibility index (Phi) is 7.58. The quantitative estimate of drug-likeness (QED) is 0.291. The Hall–Kier alpha value is -3.00. The maximum atomic E-state index is 14.4. The van der Waals surface area contributed by atoms with Gasteiger partial charge in [-0.2, -0.15) is 22.0 Å². The van der Waals surface area contributed by atoms with Crippen LogP contribution in [0.2, 0.25) is 15.1 Å². The molecule has 202 valence electrons. The number of benzene rings is 2. The molecule has 2 heterocycles. The van der Waals surface area contributed by atoms with Gasteiger partial charge in [0.15, 0.2) is 17.8 Å². The molecule has 4 aromatic rings. The lowest BCUT2D eigenvalue weighted by Gasteiger charge is -2.15. The van der Waals surface area contributed by atoms with Gasteiger partial charge in [-0.1, -0.05) is 40.9 Å². The number of alkyl halides is 5. The van der Waals surface area contributed by atoms with E-state index in [9.17, 15) is 31.9 Å². The van der Waals surface area contributed by atoms with Gasteiger partial charge < -0.3 is 5.11 Å². The van der Waals surface area contributed by atoms with Crippen LogP contribution in [0.15, 0.2) is 47.3 Å². The molecule has 0 bridgehead atoms. The number of aromatic nitrogens is 6. The van der Waals surface area contributed by atoms with E-state index in [4.69, 9.17) is 34.8 Å². The monoisotopic (exact) mass is 596 g/mol. The molecule has 4 rings (SSSR count). The third-order valence-electron chi connectivity index (χ3n) is 5.24. The topological polar surface area (TPSA) is 90.8 Å². The summed E-state index contributed by atoms with van der Waals surface area (Å²) in [6.45, 7) is -1.21. The zero-order valence-electron chi connectivity index (χ0n) is 19.1. The van der Waals surface area contributed by atoms with Crippen molar-refractivity contribution >= 4 is 34.8 Å². The Labute approximate surface area is 225 Å². The summed E-state index contributed by atoms with van der Waals surface area (Å²) in [7, 11) is 0. The maximum absolute atomic E-state index is 14.4. The fourth-order valence-corrected chi connectivity index (χ4v) is 4.17. The summed E-state index contributed by atoms with van der Waals surface area (Å²) >= 11 is 18.2. The van der Waals surface area contributed by atoms with Gasteiger partial charge in [0.1, 0.15) is 12.2 Å². The molecule has 0 spiro atoms. The average Bonchev–Trinajstić information content (AvgIpc) is 3.36. The molecule has 0 aliphatic heterocycles. The number of halogens is 8. The van der Waals surface area contributed by atoms with E-state index in [0.717, 1.165) is 4.68 Å². The van der Waals surface area contributed by atoms with Crippen molar-refractivity contribution in [3.63, 3.8) is 0 Å². The predicted octanol–water partition coefficient (Wildman–Crippen LogP) is 5.34. The lowest BCUT2D eigenvalue weighted by atomic mass is 10.2. The van der Waals surface area contributed by atoms with E-state index in [0.29, 0.717) is 21.2 Å². The second kappa shape index (κ2) is 10.3. The van der Waals surface area contributed by atoms with Gasteiger partial charge in [-0.15, -0.1) is 10.2 Å². The van der Waals surface area contributed by atoms with Crippen LogP contribution >= 0.6 is 34.8 Å². The van der Waals surface area contributed by atoms with Crippen LogP contribution in [0.1, 0.15) is 18.6 Å². The van der Waals surface area contributed by atoms with E-state index in [2.05, 4.69) is 15.2 Å². The molecule has 16 heteroatoms. The molecule has 0 radical (unpaired) electrons. The molecule has 0 aliphatic carbocycles. The van der Waals surface area contributed by atoms with Crippen molar-refractivity contribution in [2.24, 2.45) is 0 Å². The van der Waals surface area contributed by atoms with Gasteiger partial charge in [0.25, 0.3) is 0 Å². The molecule has 1 N–H and O–H groups in total. The predicted molar refractivity (Wildman–Crippen MR) is 129 cm³/mol. The van der Waals surface area contributed by atoms with E-state index in [1.54, 1.807) is 0 Å². The van der Waals surface area contributed by atoms with Crippen LogP contribution in [0.5, 0.6) is 0 Å². The first-order chi connectivity index (χ1) is 17.7. The lowest BCUT2D eigenvalue weighted by Crippen LogP contribution is -2.37. The highest BCUT2D eigenvalue weighted by molar-refractivity contribution is 6.37. The minimum absolute atomic E-state index is 0.00735. The Morgan fingerprint density at radius 3 is 2.13 bits per heavy atom. The third kappa shape index (κ3) is 5.70. The fourth-order valence-electron chi connectivity index (χ4n) is 3.48. The highest BCUT2D eigenvalue weighted by atomic mass is 35.5. The van der Waals surface area contributed by atoms with Crippen molar-refractivity contribution in [1.82, 2.24) is 29.1 Å². The normalized spacial score (nSPS) is 13.2. The van der Waals surface area contributed by atoms with Gasteiger partial charge in [0.05, 0.1) is 16.6 Å². The molecule has 2 aromatic carbocycles. The maximum Gasteiger partial charge on any atom is 0.416 e. The Morgan fingerprint density at radius 1 is 0.974 bits per heavy atom. The Morgan fingerprint density at radius 2 is 1.58 bits per heavy atom. The van der Waals surface area contributed by atoms with Gasteiger partial charge in [0.2, 0.25) is 5.82 Å². The van der Waals surface area contributed by atoms with Gasteiger partial charge in [0, 0.05) is 17.5 Å². The largest absolute Gasteiger partial charge is 0.416 e. The van der Waals surface area contributed by atoms with Gasteiger partial charge in [-0.25, -0.2) is 19.1 Å². The van der Waals surface area contributed by atoms with Gasteiger partial charge in [-0.3, -0.25) is 4.57 Å². The van der Waals surface area contributed by atoms with Gasteiger partial charge >= 0.3 is 17.8 Å². The summed E-state index contributed by atoms with van der Waals surface area (Å²) in [6, 6.07) is 9.97. The molecule has 0 unspecified atom stereocenters. The van der Waals surface area contributed by atoms with Crippen molar-refractivity contribution in [3.8, 4) is 17.1 Å². The molecule has 8 nitrogen and oxygen atoms in total. The van der Waals surface area contributed by atoms with Crippen LogP contribution in [0.3, 0.4) is 0 Å². The number of aliphatic hydroxyl groups excluding tert-OH is 1. The van der Waals surface area contributed by atoms with Crippen molar-refractivity contribution in [1.29, 1.82) is 0 Å². The first kappa shape index (κ1) is 28.0. The first-order valence-electron chi connectivity index (χ1n) is 10.6. The number of hydrogen-bond acceptors (Lipinski definition) is 5.